The number of nitrogens with zero attached hydrogens (tertiary/aromatic N) is 2. The summed E-state index contributed by atoms with van der Waals surface area (Å²) in [5.74, 6) is 0.0792. The average molecular weight is 567 g/mol. The summed E-state index contributed by atoms with van der Waals surface area (Å²) in [6.45, 7) is 2.04. The van der Waals surface area contributed by atoms with Gasteiger partial charge in [-0.15, -0.1) is 22.7 Å². The summed E-state index contributed by atoms with van der Waals surface area (Å²) in [5, 5.41) is 5.85. The molecule has 9 heteroatoms. The number of ether oxygens (including phenoxy) is 1. The molecular formula is C31H23FN4O2S2. The molecule has 6 rings (SSSR count). The van der Waals surface area contributed by atoms with E-state index in [1.54, 1.807) is 19.2 Å². The van der Waals surface area contributed by atoms with Gasteiger partial charge < -0.3 is 10.5 Å². The Hall–Kier alpha value is -4.60. The summed E-state index contributed by atoms with van der Waals surface area (Å²) in [7, 11) is 1.63. The fourth-order valence-electron chi connectivity index (χ4n) is 4.40. The number of hydrogen-bond donors (Lipinski definition) is 2. The Bertz CT molecular complexity index is 1840. The van der Waals surface area contributed by atoms with Crippen LogP contribution in [0.3, 0.4) is 0 Å². The fourth-order valence-corrected chi connectivity index (χ4v) is 6.13. The lowest BCUT2D eigenvalue weighted by atomic mass is 9.98. The number of halogens is 1. The number of nitrogens with one attached hydrogen (secondary N) is 1. The van der Waals surface area contributed by atoms with Crippen molar-refractivity contribution >= 4 is 49.6 Å². The number of benzene rings is 3. The van der Waals surface area contributed by atoms with Crippen molar-refractivity contribution in [2.75, 3.05) is 18.2 Å². The van der Waals surface area contributed by atoms with E-state index in [1.165, 1.54) is 34.8 Å². The molecule has 6 nitrogen and oxygen atoms in total. The van der Waals surface area contributed by atoms with Crippen LogP contribution in [0.1, 0.15) is 15.2 Å². The molecule has 0 saturated heterocycles. The number of amides is 1. The number of nitrogen functional groups attached to an aromatic ring is 1. The van der Waals surface area contributed by atoms with Gasteiger partial charge in [-0.2, -0.15) is 0 Å². The molecule has 0 unspecified atom stereocenters. The van der Waals surface area contributed by atoms with Crippen LogP contribution in [0.15, 0.2) is 84.2 Å². The number of nitrogens with two attached hydrogens (primary N) is 1. The Morgan fingerprint density at radius 2 is 1.55 bits per heavy atom. The first-order valence-corrected chi connectivity index (χ1v) is 14.1. The van der Waals surface area contributed by atoms with Crippen molar-refractivity contribution in [2.45, 2.75) is 6.92 Å². The monoisotopic (exact) mass is 566 g/mol. The van der Waals surface area contributed by atoms with Crippen LogP contribution in [0.4, 0.5) is 15.2 Å². The molecule has 1 amide bonds. The SMILES string of the molecule is COc1ccc(-c2cc(-c3ccc(C)cc3)c3c(N)c(C(=O)Nc4nc(-c5ccc(F)cc5)cs4)sc3n2)cc1. The third-order valence-corrected chi connectivity index (χ3v) is 8.37. The molecule has 3 aromatic carbocycles. The second kappa shape index (κ2) is 10.5. The van der Waals surface area contributed by atoms with Crippen LogP contribution in [-0.4, -0.2) is 23.0 Å². The summed E-state index contributed by atoms with van der Waals surface area (Å²) >= 11 is 2.54. The Morgan fingerprint density at radius 3 is 2.25 bits per heavy atom. The zero-order valence-electron chi connectivity index (χ0n) is 21.6. The number of thiophene rings is 1. The smallest absolute Gasteiger partial charge is 0.269 e. The molecular weight excluding hydrogens is 543 g/mol. The summed E-state index contributed by atoms with van der Waals surface area (Å²) in [6, 6.07) is 24.0. The third kappa shape index (κ3) is 4.92. The summed E-state index contributed by atoms with van der Waals surface area (Å²) in [4.78, 5) is 23.8. The number of pyridine rings is 1. The van der Waals surface area contributed by atoms with Gasteiger partial charge >= 0.3 is 0 Å². The molecule has 0 fully saturated rings. The van der Waals surface area contributed by atoms with Gasteiger partial charge in [0.1, 0.15) is 21.3 Å². The highest BCUT2D eigenvalue weighted by Gasteiger charge is 2.22. The topological polar surface area (TPSA) is 90.1 Å². The van der Waals surface area contributed by atoms with E-state index in [0.29, 0.717) is 26.2 Å². The van der Waals surface area contributed by atoms with Crippen molar-refractivity contribution < 1.29 is 13.9 Å². The minimum absolute atomic E-state index is 0.318. The molecule has 0 saturated carbocycles. The standard InChI is InChI=1S/C31H23FN4O2S2/c1-17-3-5-18(6-4-17)23-15-24(19-9-13-22(38-2)14-10-19)34-30-26(23)27(33)28(40-30)29(37)36-31-35-25(16-39-31)20-7-11-21(32)12-8-20/h3-16H,33H2,1-2H3,(H,35,36,37). The molecule has 0 aliphatic carbocycles. The first-order valence-electron chi connectivity index (χ1n) is 12.4. The van der Waals surface area contributed by atoms with E-state index in [9.17, 15) is 9.18 Å². The number of fused-ring (bicyclic) bond motifs is 1. The number of methoxy groups -OCH3 is 1. The van der Waals surface area contributed by atoms with Crippen LogP contribution in [0.5, 0.6) is 5.75 Å². The molecule has 0 spiro atoms. The number of carbonyl (C=O) groups excluding carboxylic acids is 1. The Morgan fingerprint density at radius 1 is 0.900 bits per heavy atom. The van der Waals surface area contributed by atoms with E-state index >= 15 is 0 Å². The predicted molar refractivity (Wildman–Crippen MR) is 162 cm³/mol. The lowest BCUT2D eigenvalue weighted by Crippen LogP contribution is -2.11. The molecule has 3 heterocycles. The molecule has 0 atom stereocenters. The minimum Gasteiger partial charge on any atom is -0.497 e. The van der Waals surface area contributed by atoms with Gasteiger partial charge in [0.2, 0.25) is 0 Å². The Kier molecular flexibility index (Phi) is 6.75. The van der Waals surface area contributed by atoms with Gasteiger partial charge in [0.25, 0.3) is 5.91 Å². The maximum absolute atomic E-state index is 13.4. The van der Waals surface area contributed by atoms with E-state index < -0.39 is 0 Å². The fraction of sp³-hybridized carbons (Fsp3) is 0.0645. The van der Waals surface area contributed by atoms with Crippen LogP contribution in [0.25, 0.3) is 43.9 Å². The van der Waals surface area contributed by atoms with E-state index in [1.807, 2.05) is 66.9 Å². The predicted octanol–water partition coefficient (Wildman–Crippen LogP) is 8.04. The second-order valence-corrected chi connectivity index (χ2v) is 11.0. The van der Waals surface area contributed by atoms with Crippen molar-refractivity contribution in [3.63, 3.8) is 0 Å². The highest BCUT2D eigenvalue weighted by molar-refractivity contribution is 7.21. The number of anilines is 2. The normalized spacial score (nSPS) is 11.1. The first kappa shape index (κ1) is 25.7. The zero-order chi connectivity index (χ0) is 27.8. The van der Waals surface area contributed by atoms with Crippen molar-refractivity contribution in [3.05, 3.63) is 101 Å². The van der Waals surface area contributed by atoms with E-state index in [0.717, 1.165) is 44.6 Å². The van der Waals surface area contributed by atoms with Gasteiger partial charge in [0, 0.05) is 21.9 Å². The second-order valence-electron chi connectivity index (χ2n) is 9.17. The number of aryl methyl sites for hydroxylation is 1. The van der Waals surface area contributed by atoms with E-state index in [-0.39, 0.29) is 11.7 Å². The number of hydrogen-bond acceptors (Lipinski definition) is 7. The molecule has 198 valence electrons. The molecule has 0 aliphatic heterocycles. The third-order valence-electron chi connectivity index (χ3n) is 6.52. The van der Waals surface area contributed by atoms with Crippen molar-refractivity contribution in [1.82, 2.24) is 9.97 Å². The van der Waals surface area contributed by atoms with Crippen LogP contribution >= 0.6 is 22.7 Å². The molecule has 3 aromatic heterocycles. The Balaban J connectivity index is 1.40. The van der Waals surface area contributed by atoms with Crippen LogP contribution < -0.4 is 15.8 Å². The Labute approximate surface area is 237 Å². The molecule has 6 aromatic rings. The number of thiazole rings is 1. The maximum Gasteiger partial charge on any atom is 0.269 e. The summed E-state index contributed by atoms with van der Waals surface area (Å²) < 4.78 is 18.6. The number of aromatic nitrogens is 2. The lowest BCUT2D eigenvalue weighted by molar-refractivity contribution is 0.103. The van der Waals surface area contributed by atoms with E-state index in [4.69, 9.17) is 15.5 Å². The molecule has 40 heavy (non-hydrogen) atoms. The molecule has 3 N–H and O–H groups in total. The quantitative estimate of drug-likeness (QED) is 0.213. The number of carbonyl (C=O) groups is 1. The summed E-state index contributed by atoms with van der Waals surface area (Å²) in [5.41, 5.74) is 13.1. The van der Waals surface area contributed by atoms with Gasteiger partial charge in [-0.3, -0.25) is 10.1 Å². The first-order chi connectivity index (χ1) is 19.4. The van der Waals surface area contributed by atoms with Crippen molar-refractivity contribution in [2.24, 2.45) is 0 Å². The molecule has 0 aliphatic rings. The van der Waals surface area contributed by atoms with Crippen molar-refractivity contribution in [1.29, 1.82) is 0 Å². The van der Waals surface area contributed by atoms with Crippen LogP contribution in [-0.2, 0) is 0 Å². The largest absolute Gasteiger partial charge is 0.497 e. The van der Waals surface area contributed by atoms with Gasteiger partial charge in [0.05, 0.1) is 24.2 Å². The highest BCUT2D eigenvalue weighted by Crippen LogP contribution is 2.42. The lowest BCUT2D eigenvalue weighted by Gasteiger charge is -2.10. The van der Waals surface area contributed by atoms with Gasteiger partial charge in [-0.05, 0) is 72.6 Å². The minimum atomic E-state index is -0.360. The van der Waals surface area contributed by atoms with Crippen LogP contribution in [0.2, 0.25) is 0 Å². The van der Waals surface area contributed by atoms with Gasteiger partial charge in [-0.1, -0.05) is 29.8 Å². The average Bonchev–Trinajstić information content (AvgIpc) is 3.57. The van der Waals surface area contributed by atoms with Gasteiger partial charge in [0.15, 0.2) is 5.13 Å². The molecule has 0 bridgehead atoms. The van der Waals surface area contributed by atoms with Crippen LogP contribution in [0, 0.1) is 12.7 Å². The zero-order valence-corrected chi connectivity index (χ0v) is 23.2. The van der Waals surface area contributed by atoms with E-state index in [2.05, 4.69) is 10.3 Å². The number of rotatable bonds is 6. The van der Waals surface area contributed by atoms with Crippen molar-refractivity contribution in [3.8, 4) is 39.4 Å². The maximum atomic E-state index is 13.4. The molecule has 0 radical (unpaired) electrons. The van der Waals surface area contributed by atoms with Gasteiger partial charge in [-0.25, -0.2) is 14.4 Å². The summed E-state index contributed by atoms with van der Waals surface area (Å²) in [6.07, 6.45) is 0. The highest BCUT2D eigenvalue weighted by atomic mass is 32.1.